The largest absolute Gasteiger partial charge is 0.481 e. The standard InChI is InChI=1S/C22H28N2O4/c1-13(2)18-16-7-8-17(18)20(22(26)27)19(16)21(25)23-14-3-5-15(6-4-14)24-9-11-28-12-10-24/h3-6,16-17,19-20H,7-12H2,1-2H3,(H,23,25)(H,26,27)/t16-,17-,19+,20-/m0/s1. The number of ether oxygens (including phenoxy) is 1. The lowest BCUT2D eigenvalue weighted by Gasteiger charge is -2.29. The second-order valence-electron chi connectivity index (χ2n) is 8.27. The molecule has 2 saturated carbocycles. The molecule has 4 rings (SSSR count). The van der Waals surface area contributed by atoms with E-state index in [1.807, 2.05) is 38.1 Å². The number of nitrogens with one attached hydrogen (secondary N) is 1. The minimum atomic E-state index is -0.853. The van der Waals surface area contributed by atoms with Gasteiger partial charge in [-0.1, -0.05) is 11.1 Å². The fourth-order valence-electron chi connectivity index (χ4n) is 5.41. The first-order valence-corrected chi connectivity index (χ1v) is 10.1. The summed E-state index contributed by atoms with van der Waals surface area (Å²) in [6.07, 6.45) is 1.78. The van der Waals surface area contributed by atoms with Crippen molar-refractivity contribution in [3.8, 4) is 0 Å². The van der Waals surface area contributed by atoms with Gasteiger partial charge in [0.25, 0.3) is 0 Å². The quantitative estimate of drug-likeness (QED) is 0.780. The molecular weight excluding hydrogens is 356 g/mol. The minimum absolute atomic E-state index is 0.00643. The lowest BCUT2D eigenvalue weighted by Crippen LogP contribution is -2.38. The molecule has 150 valence electrons. The number of aliphatic carboxylic acids is 1. The Morgan fingerprint density at radius 3 is 2.21 bits per heavy atom. The Balaban J connectivity index is 1.50. The molecule has 1 aromatic rings. The number of morpholine rings is 1. The Labute approximate surface area is 165 Å². The number of carbonyl (C=O) groups is 2. The smallest absolute Gasteiger partial charge is 0.307 e. The molecule has 1 heterocycles. The molecule has 3 fully saturated rings. The summed E-state index contributed by atoms with van der Waals surface area (Å²) in [6.45, 7) is 7.25. The fourth-order valence-corrected chi connectivity index (χ4v) is 5.41. The topological polar surface area (TPSA) is 78.9 Å². The van der Waals surface area contributed by atoms with Gasteiger partial charge in [-0.25, -0.2) is 0 Å². The van der Waals surface area contributed by atoms with E-state index < -0.39 is 17.8 Å². The molecule has 2 N–H and O–H groups in total. The van der Waals surface area contributed by atoms with Crippen LogP contribution in [0.25, 0.3) is 0 Å². The number of carboxylic acids is 1. The second-order valence-corrected chi connectivity index (χ2v) is 8.27. The van der Waals surface area contributed by atoms with Crippen molar-refractivity contribution in [3.63, 3.8) is 0 Å². The van der Waals surface area contributed by atoms with Crippen molar-refractivity contribution in [2.45, 2.75) is 26.7 Å². The van der Waals surface area contributed by atoms with Crippen molar-refractivity contribution in [1.82, 2.24) is 0 Å². The third-order valence-electron chi connectivity index (χ3n) is 6.52. The Bertz CT molecular complexity index is 791. The summed E-state index contributed by atoms with van der Waals surface area (Å²) in [5, 5.41) is 12.8. The molecule has 6 nitrogen and oxygen atoms in total. The van der Waals surface area contributed by atoms with E-state index in [4.69, 9.17) is 4.74 Å². The molecular formula is C22H28N2O4. The maximum Gasteiger partial charge on any atom is 0.307 e. The maximum absolute atomic E-state index is 13.1. The normalized spacial score (nSPS) is 29.1. The molecule has 2 bridgehead atoms. The average Bonchev–Trinajstić information content (AvgIpc) is 3.26. The zero-order valence-corrected chi connectivity index (χ0v) is 16.5. The predicted molar refractivity (Wildman–Crippen MR) is 107 cm³/mol. The highest BCUT2D eigenvalue weighted by Crippen LogP contribution is 2.57. The van der Waals surface area contributed by atoms with Crippen LogP contribution in [0, 0.1) is 23.7 Å². The molecule has 2 aliphatic carbocycles. The Morgan fingerprint density at radius 1 is 1.04 bits per heavy atom. The van der Waals surface area contributed by atoms with Crippen LogP contribution in [0.5, 0.6) is 0 Å². The molecule has 1 saturated heterocycles. The van der Waals surface area contributed by atoms with Crippen LogP contribution >= 0.6 is 0 Å². The Hall–Kier alpha value is -2.34. The van der Waals surface area contributed by atoms with Gasteiger partial charge in [-0.3, -0.25) is 9.59 Å². The van der Waals surface area contributed by atoms with Gasteiger partial charge in [0, 0.05) is 24.5 Å². The Kier molecular flexibility index (Phi) is 5.15. The van der Waals surface area contributed by atoms with Gasteiger partial charge in [0.15, 0.2) is 0 Å². The van der Waals surface area contributed by atoms with Crippen molar-refractivity contribution in [2.75, 3.05) is 36.5 Å². The molecule has 0 aromatic heterocycles. The van der Waals surface area contributed by atoms with Crippen molar-refractivity contribution < 1.29 is 19.4 Å². The van der Waals surface area contributed by atoms with Crippen LogP contribution in [0.15, 0.2) is 35.4 Å². The highest BCUT2D eigenvalue weighted by Gasteiger charge is 2.57. The number of carboxylic acid groups (broad SMARTS) is 1. The van der Waals surface area contributed by atoms with Crippen LogP contribution in [0.2, 0.25) is 0 Å². The third kappa shape index (κ3) is 3.30. The first-order valence-electron chi connectivity index (χ1n) is 10.1. The highest BCUT2D eigenvalue weighted by molar-refractivity contribution is 5.96. The number of carbonyl (C=O) groups excluding carboxylic acids is 1. The van der Waals surface area contributed by atoms with Crippen LogP contribution in [-0.2, 0) is 14.3 Å². The van der Waals surface area contributed by atoms with Crippen molar-refractivity contribution in [1.29, 1.82) is 0 Å². The maximum atomic E-state index is 13.1. The summed E-state index contributed by atoms with van der Waals surface area (Å²) < 4.78 is 5.38. The molecule has 1 aliphatic heterocycles. The number of fused-ring (bicyclic) bond motifs is 2. The number of hydrogen-bond acceptors (Lipinski definition) is 4. The zero-order valence-electron chi connectivity index (χ0n) is 16.5. The number of nitrogens with zero attached hydrogens (tertiary/aromatic N) is 1. The summed E-state index contributed by atoms with van der Waals surface area (Å²) in [5.41, 5.74) is 4.20. The number of allylic oxidation sites excluding steroid dienone is 2. The van der Waals surface area contributed by atoms with E-state index in [2.05, 4.69) is 10.2 Å². The van der Waals surface area contributed by atoms with E-state index in [1.165, 1.54) is 11.1 Å². The number of anilines is 2. The zero-order chi connectivity index (χ0) is 19.8. The second kappa shape index (κ2) is 7.59. The van der Waals surface area contributed by atoms with Gasteiger partial charge in [0.1, 0.15) is 0 Å². The van der Waals surface area contributed by atoms with E-state index in [0.717, 1.165) is 44.8 Å². The molecule has 28 heavy (non-hydrogen) atoms. The van der Waals surface area contributed by atoms with Crippen LogP contribution in [0.1, 0.15) is 26.7 Å². The number of benzene rings is 1. The molecule has 0 spiro atoms. The van der Waals surface area contributed by atoms with Crippen LogP contribution in [0.3, 0.4) is 0 Å². The van der Waals surface area contributed by atoms with Crippen molar-refractivity contribution >= 4 is 23.3 Å². The molecule has 4 atom stereocenters. The summed E-state index contributed by atoms with van der Waals surface area (Å²) >= 11 is 0. The number of rotatable bonds is 4. The van der Waals surface area contributed by atoms with Gasteiger partial charge < -0.3 is 20.1 Å². The SMILES string of the molecule is CC(C)=C1[C@@H]2CC[C@@H]1[C@@H](C(=O)Nc1ccc(N3CCOCC3)cc1)[C@H]2C(=O)O. The third-order valence-corrected chi connectivity index (χ3v) is 6.52. The number of hydrogen-bond donors (Lipinski definition) is 2. The van der Waals surface area contributed by atoms with Gasteiger partial charge in [0.2, 0.25) is 5.91 Å². The molecule has 6 heteroatoms. The van der Waals surface area contributed by atoms with E-state index in [-0.39, 0.29) is 17.7 Å². The van der Waals surface area contributed by atoms with Gasteiger partial charge in [0.05, 0.1) is 25.0 Å². The number of amides is 1. The highest BCUT2D eigenvalue weighted by atomic mass is 16.5. The van der Waals surface area contributed by atoms with Crippen molar-refractivity contribution in [3.05, 3.63) is 35.4 Å². The average molecular weight is 384 g/mol. The lowest BCUT2D eigenvalue weighted by atomic mass is 9.78. The Morgan fingerprint density at radius 2 is 1.64 bits per heavy atom. The molecule has 1 amide bonds. The summed E-state index contributed by atoms with van der Waals surface area (Å²) in [4.78, 5) is 27.2. The van der Waals surface area contributed by atoms with E-state index >= 15 is 0 Å². The summed E-state index contributed by atoms with van der Waals surface area (Å²) in [7, 11) is 0. The van der Waals surface area contributed by atoms with Crippen molar-refractivity contribution in [2.24, 2.45) is 23.7 Å². The molecule has 3 aliphatic rings. The molecule has 0 unspecified atom stereocenters. The minimum Gasteiger partial charge on any atom is -0.481 e. The van der Waals surface area contributed by atoms with Gasteiger partial charge in [-0.15, -0.1) is 0 Å². The van der Waals surface area contributed by atoms with Gasteiger partial charge in [-0.05, 0) is 62.8 Å². The monoisotopic (exact) mass is 384 g/mol. The van der Waals surface area contributed by atoms with Gasteiger partial charge >= 0.3 is 5.97 Å². The lowest BCUT2D eigenvalue weighted by molar-refractivity contribution is -0.148. The first kappa shape index (κ1) is 19.0. The van der Waals surface area contributed by atoms with Crippen LogP contribution in [0.4, 0.5) is 11.4 Å². The molecule has 1 aromatic carbocycles. The van der Waals surface area contributed by atoms with E-state index in [0.29, 0.717) is 5.69 Å². The van der Waals surface area contributed by atoms with Crippen LogP contribution in [-0.4, -0.2) is 43.3 Å². The first-order chi connectivity index (χ1) is 13.5. The van der Waals surface area contributed by atoms with E-state index in [1.54, 1.807) is 0 Å². The van der Waals surface area contributed by atoms with Gasteiger partial charge in [-0.2, -0.15) is 0 Å². The summed E-state index contributed by atoms with van der Waals surface area (Å²) in [6, 6.07) is 7.79. The predicted octanol–water partition coefficient (Wildman–Crippen LogP) is 3.15. The van der Waals surface area contributed by atoms with Crippen LogP contribution < -0.4 is 10.2 Å². The molecule has 0 radical (unpaired) electrons. The van der Waals surface area contributed by atoms with E-state index in [9.17, 15) is 14.7 Å². The summed E-state index contributed by atoms with van der Waals surface area (Å²) in [5.74, 6) is -2.06. The fraction of sp³-hybridized carbons (Fsp3) is 0.545.